The lowest BCUT2D eigenvalue weighted by atomic mass is 10.1. The number of nitriles is 1. The standard InChI is InChI=1S/C20H19N5O2/c21-12-17-20(23-9-8-22-17)27-16-5-3-10-25(13-16)19(26)14-24-11-7-15-4-1-2-6-18(15)24/h1-2,4,6-9,11,16H,3,5,10,13-14H2. The lowest BCUT2D eigenvalue weighted by molar-refractivity contribution is -0.134. The molecule has 0 radical (unpaired) electrons. The fourth-order valence-electron chi connectivity index (χ4n) is 3.43. The van der Waals surface area contributed by atoms with E-state index in [1.807, 2.05) is 52.1 Å². The molecular weight excluding hydrogens is 342 g/mol. The summed E-state index contributed by atoms with van der Waals surface area (Å²) in [6.45, 7) is 1.50. The van der Waals surface area contributed by atoms with Crippen LogP contribution in [0, 0.1) is 11.3 Å². The van der Waals surface area contributed by atoms with Gasteiger partial charge in [0.1, 0.15) is 18.7 Å². The molecule has 1 unspecified atom stereocenters. The maximum atomic E-state index is 12.8. The van der Waals surface area contributed by atoms with E-state index in [0.29, 0.717) is 19.6 Å². The molecule has 3 heterocycles. The molecule has 1 aliphatic heterocycles. The summed E-state index contributed by atoms with van der Waals surface area (Å²) < 4.78 is 7.84. The Morgan fingerprint density at radius 1 is 1.26 bits per heavy atom. The summed E-state index contributed by atoms with van der Waals surface area (Å²) in [5.41, 5.74) is 1.22. The van der Waals surface area contributed by atoms with Gasteiger partial charge in [-0.05, 0) is 30.4 Å². The summed E-state index contributed by atoms with van der Waals surface area (Å²) in [5.74, 6) is 0.292. The normalized spacial score (nSPS) is 16.9. The van der Waals surface area contributed by atoms with Crippen LogP contribution in [0.4, 0.5) is 0 Å². The van der Waals surface area contributed by atoms with Crippen LogP contribution in [0.3, 0.4) is 0 Å². The van der Waals surface area contributed by atoms with Gasteiger partial charge in [-0.25, -0.2) is 9.97 Å². The van der Waals surface area contributed by atoms with Crippen molar-refractivity contribution < 1.29 is 9.53 Å². The molecule has 7 heteroatoms. The highest BCUT2D eigenvalue weighted by molar-refractivity contribution is 5.83. The van der Waals surface area contributed by atoms with Crippen molar-refractivity contribution in [2.45, 2.75) is 25.5 Å². The van der Waals surface area contributed by atoms with E-state index in [0.717, 1.165) is 23.7 Å². The first-order valence-corrected chi connectivity index (χ1v) is 8.94. The summed E-state index contributed by atoms with van der Waals surface area (Å²) >= 11 is 0. The molecule has 0 bridgehead atoms. The number of benzene rings is 1. The Balaban J connectivity index is 1.43. The summed E-state index contributed by atoms with van der Waals surface area (Å²) in [6, 6.07) is 12.0. The second-order valence-electron chi connectivity index (χ2n) is 6.55. The molecule has 136 valence electrons. The summed E-state index contributed by atoms with van der Waals surface area (Å²) in [5, 5.41) is 10.2. The number of piperidine rings is 1. The third-order valence-electron chi connectivity index (χ3n) is 4.77. The van der Waals surface area contributed by atoms with Gasteiger partial charge >= 0.3 is 0 Å². The molecule has 1 aliphatic rings. The number of para-hydroxylation sites is 1. The maximum Gasteiger partial charge on any atom is 0.251 e. The van der Waals surface area contributed by atoms with E-state index >= 15 is 0 Å². The Morgan fingerprint density at radius 2 is 2.11 bits per heavy atom. The Labute approximate surface area is 156 Å². The molecule has 1 fully saturated rings. The fraction of sp³-hybridized carbons (Fsp3) is 0.300. The highest BCUT2D eigenvalue weighted by atomic mass is 16.5. The number of fused-ring (bicyclic) bond motifs is 1. The minimum Gasteiger partial charge on any atom is -0.470 e. The third kappa shape index (κ3) is 3.60. The number of hydrogen-bond donors (Lipinski definition) is 0. The predicted molar refractivity (Wildman–Crippen MR) is 98.9 cm³/mol. The smallest absolute Gasteiger partial charge is 0.251 e. The monoisotopic (exact) mass is 361 g/mol. The minimum atomic E-state index is -0.187. The molecule has 7 nitrogen and oxygen atoms in total. The van der Waals surface area contributed by atoms with Gasteiger partial charge < -0.3 is 14.2 Å². The Bertz CT molecular complexity index is 1010. The first kappa shape index (κ1) is 17.0. The molecule has 1 amide bonds. The molecular formula is C20H19N5O2. The Kier molecular flexibility index (Phi) is 4.71. The quantitative estimate of drug-likeness (QED) is 0.712. The zero-order chi connectivity index (χ0) is 18.6. The van der Waals surface area contributed by atoms with E-state index in [-0.39, 0.29) is 23.6 Å². The van der Waals surface area contributed by atoms with Crippen LogP contribution in [0.15, 0.2) is 48.9 Å². The minimum absolute atomic E-state index is 0.0595. The molecule has 3 aromatic rings. The van der Waals surface area contributed by atoms with Crippen LogP contribution in [-0.4, -0.2) is 44.5 Å². The van der Waals surface area contributed by atoms with Crippen molar-refractivity contribution in [3.63, 3.8) is 0 Å². The number of aromatic nitrogens is 3. The van der Waals surface area contributed by atoms with Crippen molar-refractivity contribution in [3.8, 4) is 11.9 Å². The maximum absolute atomic E-state index is 12.8. The molecule has 0 saturated carbocycles. The number of ether oxygens (including phenoxy) is 1. The van der Waals surface area contributed by atoms with Gasteiger partial charge in [-0.1, -0.05) is 18.2 Å². The van der Waals surface area contributed by atoms with E-state index in [4.69, 9.17) is 10.00 Å². The van der Waals surface area contributed by atoms with Crippen LogP contribution in [0.5, 0.6) is 5.88 Å². The van der Waals surface area contributed by atoms with Crippen LogP contribution in [0.2, 0.25) is 0 Å². The van der Waals surface area contributed by atoms with Gasteiger partial charge in [-0.15, -0.1) is 0 Å². The fourth-order valence-corrected chi connectivity index (χ4v) is 3.43. The molecule has 0 aliphatic carbocycles. The predicted octanol–water partition coefficient (Wildman–Crippen LogP) is 2.37. The van der Waals surface area contributed by atoms with Crippen LogP contribution >= 0.6 is 0 Å². The third-order valence-corrected chi connectivity index (χ3v) is 4.77. The van der Waals surface area contributed by atoms with Crippen LogP contribution in [0.25, 0.3) is 10.9 Å². The number of hydrogen-bond acceptors (Lipinski definition) is 5. The average Bonchev–Trinajstić information content (AvgIpc) is 3.11. The van der Waals surface area contributed by atoms with E-state index in [9.17, 15) is 4.79 Å². The number of likely N-dealkylation sites (tertiary alicyclic amines) is 1. The summed E-state index contributed by atoms with van der Waals surface area (Å²) in [4.78, 5) is 22.7. The van der Waals surface area contributed by atoms with Crippen molar-refractivity contribution in [1.82, 2.24) is 19.4 Å². The summed E-state index contributed by atoms with van der Waals surface area (Å²) in [7, 11) is 0. The van der Waals surface area contributed by atoms with E-state index < -0.39 is 0 Å². The van der Waals surface area contributed by atoms with Gasteiger partial charge in [0.2, 0.25) is 11.6 Å². The molecule has 1 saturated heterocycles. The van der Waals surface area contributed by atoms with Crippen molar-refractivity contribution in [2.24, 2.45) is 0 Å². The Morgan fingerprint density at radius 3 is 3.00 bits per heavy atom. The highest BCUT2D eigenvalue weighted by Crippen LogP contribution is 2.20. The van der Waals surface area contributed by atoms with Gasteiger partial charge in [0.25, 0.3) is 5.88 Å². The van der Waals surface area contributed by atoms with E-state index in [1.165, 1.54) is 12.4 Å². The number of carbonyl (C=O) groups is 1. The zero-order valence-electron chi connectivity index (χ0n) is 14.8. The number of nitrogens with zero attached hydrogens (tertiary/aromatic N) is 5. The number of rotatable bonds is 4. The highest BCUT2D eigenvalue weighted by Gasteiger charge is 2.26. The van der Waals surface area contributed by atoms with E-state index in [2.05, 4.69) is 9.97 Å². The molecule has 27 heavy (non-hydrogen) atoms. The largest absolute Gasteiger partial charge is 0.470 e. The van der Waals surface area contributed by atoms with Crippen LogP contribution in [0.1, 0.15) is 18.5 Å². The van der Waals surface area contributed by atoms with Gasteiger partial charge in [-0.2, -0.15) is 5.26 Å². The molecule has 1 atom stereocenters. The van der Waals surface area contributed by atoms with Crippen molar-refractivity contribution in [2.75, 3.05) is 13.1 Å². The van der Waals surface area contributed by atoms with Gasteiger partial charge in [0.15, 0.2) is 0 Å². The molecule has 2 aromatic heterocycles. The van der Waals surface area contributed by atoms with Crippen LogP contribution in [-0.2, 0) is 11.3 Å². The average molecular weight is 361 g/mol. The second-order valence-corrected chi connectivity index (χ2v) is 6.55. The first-order chi connectivity index (χ1) is 13.2. The van der Waals surface area contributed by atoms with Crippen molar-refractivity contribution in [3.05, 3.63) is 54.6 Å². The van der Waals surface area contributed by atoms with Gasteiger partial charge in [0.05, 0.1) is 6.54 Å². The number of carbonyl (C=O) groups excluding carboxylic acids is 1. The van der Waals surface area contributed by atoms with Crippen LogP contribution < -0.4 is 4.74 Å². The van der Waals surface area contributed by atoms with Crippen molar-refractivity contribution >= 4 is 16.8 Å². The molecule has 0 spiro atoms. The summed E-state index contributed by atoms with van der Waals surface area (Å²) in [6.07, 6.45) is 6.39. The Hall–Kier alpha value is -3.40. The topological polar surface area (TPSA) is 84.0 Å². The molecule has 0 N–H and O–H groups in total. The van der Waals surface area contributed by atoms with Gasteiger partial charge in [0, 0.05) is 30.7 Å². The van der Waals surface area contributed by atoms with Gasteiger partial charge in [-0.3, -0.25) is 4.79 Å². The van der Waals surface area contributed by atoms with Crippen molar-refractivity contribution in [1.29, 1.82) is 5.26 Å². The zero-order valence-corrected chi connectivity index (χ0v) is 14.8. The molecule has 4 rings (SSSR count). The first-order valence-electron chi connectivity index (χ1n) is 8.94. The number of amides is 1. The van der Waals surface area contributed by atoms with E-state index in [1.54, 1.807) is 0 Å². The molecule has 1 aromatic carbocycles. The second kappa shape index (κ2) is 7.46. The SMILES string of the molecule is N#Cc1nccnc1OC1CCCN(C(=O)Cn2ccc3ccccc32)C1. The lowest BCUT2D eigenvalue weighted by Crippen LogP contribution is -2.45. The lowest BCUT2D eigenvalue weighted by Gasteiger charge is -2.32.